The topological polar surface area (TPSA) is 39.6 Å². The van der Waals surface area contributed by atoms with Gasteiger partial charge in [0, 0.05) is 32.4 Å². The van der Waals surface area contributed by atoms with Crippen LogP contribution in [0.1, 0.15) is 18.6 Å². The smallest absolute Gasteiger partial charge is 0.389 e. The second-order valence-electron chi connectivity index (χ2n) is 5.00. The van der Waals surface area contributed by atoms with Gasteiger partial charge in [0.15, 0.2) is 0 Å². The van der Waals surface area contributed by atoms with E-state index in [1.54, 1.807) is 25.3 Å². The maximum absolute atomic E-state index is 12.3. The first-order valence-electron chi connectivity index (χ1n) is 6.53. The molecule has 0 spiro atoms. The molecule has 4 nitrogen and oxygen atoms in total. The number of rotatable bonds is 3. The van der Waals surface area contributed by atoms with Gasteiger partial charge in [0.05, 0.1) is 12.6 Å². The molecule has 2 rings (SSSR count). The van der Waals surface area contributed by atoms with Crippen LogP contribution in [0, 0.1) is 0 Å². The first-order valence-corrected chi connectivity index (χ1v) is 6.53. The number of piperazine rings is 1. The van der Waals surface area contributed by atoms with Crippen LogP contribution in [0.4, 0.5) is 19.0 Å². The van der Waals surface area contributed by atoms with Crippen LogP contribution in [-0.4, -0.2) is 53.9 Å². The molecular weight excluding hydrogens is 271 g/mol. The molecule has 20 heavy (non-hydrogen) atoms. The highest BCUT2D eigenvalue weighted by molar-refractivity contribution is 5.42. The molecule has 7 heteroatoms. The third-order valence-corrected chi connectivity index (χ3v) is 3.35. The minimum absolute atomic E-state index is 0.361. The lowest BCUT2D eigenvalue weighted by Gasteiger charge is -2.35. The van der Waals surface area contributed by atoms with Crippen LogP contribution in [0.5, 0.6) is 0 Å². The largest absolute Gasteiger partial charge is 0.401 e. The number of hydrogen-bond donors (Lipinski definition) is 1. The molecular formula is C13H18F3N3O. The van der Waals surface area contributed by atoms with Crippen molar-refractivity contribution in [2.75, 3.05) is 37.6 Å². The van der Waals surface area contributed by atoms with Gasteiger partial charge in [0.2, 0.25) is 0 Å². The molecule has 0 unspecified atom stereocenters. The zero-order chi connectivity index (χ0) is 14.8. The number of anilines is 1. The minimum Gasteiger partial charge on any atom is -0.389 e. The molecule has 2 heterocycles. The average molecular weight is 289 g/mol. The van der Waals surface area contributed by atoms with E-state index >= 15 is 0 Å². The molecule has 0 saturated carbocycles. The normalized spacial score (nSPS) is 19.1. The van der Waals surface area contributed by atoms with Crippen molar-refractivity contribution >= 4 is 5.82 Å². The molecule has 1 saturated heterocycles. The summed E-state index contributed by atoms with van der Waals surface area (Å²) in [5.74, 6) is 0.704. The Labute approximate surface area is 115 Å². The van der Waals surface area contributed by atoms with Gasteiger partial charge in [-0.15, -0.1) is 0 Å². The lowest BCUT2D eigenvalue weighted by Crippen LogP contribution is -2.49. The van der Waals surface area contributed by atoms with Crippen molar-refractivity contribution in [2.24, 2.45) is 0 Å². The van der Waals surface area contributed by atoms with Gasteiger partial charge in [0.1, 0.15) is 5.82 Å². The summed E-state index contributed by atoms with van der Waals surface area (Å²) in [6.45, 7) is 2.54. The van der Waals surface area contributed by atoms with E-state index in [1.165, 1.54) is 4.90 Å². The summed E-state index contributed by atoms with van der Waals surface area (Å²) in [6.07, 6.45) is -3.12. The Morgan fingerprint density at radius 2 is 1.95 bits per heavy atom. The second kappa shape index (κ2) is 5.97. The Hall–Kier alpha value is -1.34. The van der Waals surface area contributed by atoms with Crippen molar-refractivity contribution in [3.63, 3.8) is 0 Å². The SMILES string of the molecule is C[C@@H](O)c1ccnc(N2CCN(CC(F)(F)F)CC2)c1. The quantitative estimate of drug-likeness (QED) is 0.921. The second-order valence-corrected chi connectivity index (χ2v) is 5.00. The number of aliphatic hydroxyl groups is 1. The highest BCUT2D eigenvalue weighted by Crippen LogP contribution is 2.21. The fraction of sp³-hybridized carbons (Fsp3) is 0.615. The van der Waals surface area contributed by atoms with Gasteiger partial charge >= 0.3 is 6.18 Å². The highest BCUT2D eigenvalue weighted by atomic mass is 19.4. The van der Waals surface area contributed by atoms with E-state index in [0.29, 0.717) is 32.0 Å². The predicted octanol–water partition coefficient (Wildman–Crippen LogP) is 1.82. The fourth-order valence-electron chi connectivity index (χ4n) is 2.26. The molecule has 112 valence electrons. The van der Waals surface area contributed by atoms with Crippen molar-refractivity contribution in [1.29, 1.82) is 0 Å². The van der Waals surface area contributed by atoms with Gasteiger partial charge in [-0.05, 0) is 24.6 Å². The van der Waals surface area contributed by atoms with E-state index in [0.717, 1.165) is 5.56 Å². The number of pyridine rings is 1. The maximum atomic E-state index is 12.3. The number of aliphatic hydroxyl groups excluding tert-OH is 1. The monoisotopic (exact) mass is 289 g/mol. The van der Waals surface area contributed by atoms with Crippen molar-refractivity contribution in [1.82, 2.24) is 9.88 Å². The van der Waals surface area contributed by atoms with Gasteiger partial charge in [-0.25, -0.2) is 4.98 Å². The van der Waals surface area contributed by atoms with Gasteiger partial charge in [-0.3, -0.25) is 4.90 Å². The predicted molar refractivity (Wildman–Crippen MR) is 69.6 cm³/mol. The molecule has 0 amide bonds. The van der Waals surface area contributed by atoms with Crippen LogP contribution < -0.4 is 4.90 Å². The van der Waals surface area contributed by atoms with Crippen molar-refractivity contribution < 1.29 is 18.3 Å². The summed E-state index contributed by atoms with van der Waals surface area (Å²) in [5, 5.41) is 9.54. The molecule has 1 atom stereocenters. The van der Waals surface area contributed by atoms with Crippen LogP contribution in [0.3, 0.4) is 0 Å². The van der Waals surface area contributed by atoms with Crippen molar-refractivity contribution in [3.05, 3.63) is 23.9 Å². The number of hydrogen-bond acceptors (Lipinski definition) is 4. The zero-order valence-corrected chi connectivity index (χ0v) is 11.3. The van der Waals surface area contributed by atoms with Crippen molar-refractivity contribution in [2.45, 2.75) is 19.2 Å². The Balaban J connectivity index is 1.95. The lowest BCUT2D eigenvalue weighted by molar-refractivity contribution is -0.146. The molecule has 1 aromatic heterocycles. The number of alkyl halides is 3. The van der Waals surface area contributed by atoms with Crippen LogP contribution in [-0.2, 0) is 0 Å². The van der Waals surface area contributed by atoms with Crippen LogP contribution in [0.15, 0.2) is 18.3 Å². The molecule has 1 aliphatic rings. The summed E-state index contributed by atoms with van der Waals surface area (Å²) < 4.78 is 36.9. The first kappa shape index (κ1) is 15.1. The third kappa shape index (κ3) is 4.08. The summed E-state index contributed by atoms with van der Waals surface area (Å²) in [7, 11) is 0. The van der Waals surface area contributed by atoms with E-state index in [2.05, 4.69) is 4.98 Å². The molecule has 0 aliphatic carbocycles. The lowest BCUT2D eigenvalue weighted by atomic mass is 10.1. The Bertz CT molecular complexity index is 443. The number of nitrogens with zero attached hydrogens (tertiary/aromatic N) is 3. The van der Waals surface area contributed by atoms with E-state index in [9.17, 15) is 18.3 Å². The number of halogens is 3. The van der Waals surface area contributed by atoms with Gasteiger partial charge in [-0.1, -0.05) is 0 Å². The van der Waals surface area contributed by atoms with Crippen LogP contribution >= 0.6 is 0 Å². The van der Waals surface area contributed by atoms with Gasteiger partial charge in [0.25, 0.3) is 0 Å². The maximum Gasteiger partial charge on any atom is 0.401 e. The van der Waals surface area contributed by atoms with E-state index in [1.807, 2.05) is 4.90 Å². The number of aromatic nitrogens is 1. The Morgan fingerprint density at radius 1 is 1.30 bits per heavy atom. The minimum atomic E-state index is -4.15. The summed E-state index contributed by atoms with van der Waals surface area (Å²) >= 11 is 0. The molecule has 0 aromatic carbocycles. The van der Waals surface area contributed by atoms with Crippen molar-refractivity contribution in [3.8, 4) is 0 Å². The molecule has 1 aliphatic heterocycles. The average Bonchev–Trinajstić information content (AvgIpc) is 2.38. The van der Waals surface area contributed by atoms with Crippen LogP contribution in [0.2, 0.25) is 0 Å². The Kier molecular flexibility index (Phi) is 4.49. The molecule has 1 fully saturated rings. The fourth-order valence-corrected chi connectivity index (χ4v) is 2.26. The van der Waals surface area contributed by atoms with Gasteiger partial charge < -0.3 is 10.0 Å². The Morgan fingerprint density at radius 3 is 2.50 bits per heavy atom. The third-order valence-electron chi connectivity index (χ3n) is 3.35. The molecule has 1 N–H and O–H groups in total. The summed E-state index contributed by atoms with van der Waals surface area (Å²) in [4.78, 5) is 7.56. The first-order chi connectivity index (χ1) is 9.35. The molecule has 1 aromatic rings. The van der Waals surface area contributed by atoms with E-state index in [4.69, 9.17) is 0 Å². The van der Waals surface area contributed by atoms with Gasteiger partial charge in [-0.2, -0.15) is 13.2 Å². The molecule has 0 radical (unpaired) electrons. The molecule has 0 bridgehead atoms. The van der Waals surface area contributed by atoms with Crippen LogP contribution in [0.25, 0.3) is 0 Å². The standard InChI is InChI=1S/C13H18F3N3O/c1-10(20)11-2-3-17-12(8-11)19-6-4-18(5-7-19)9-13(14,15)16/h2-3,8,10,20H,4-7,9H2,1H3/t10-/m1/s1. The van der Waals surface area contributed by atoms with E-state index < -0.39 is 18.8 Å². The summed E-state index contributed by atoms with van der Waals surface area (Å²) in [5.41, 5.74) is 0.757. The zero-order valence-electron chi connectivity index (χ0n) is 11.3. The highest BCUT2D eigenvalue weighted by Gasteiger charge is 2.32. The summed E-state index contributed by atoms with van der Waals surface area (Å²) in [6, 6.07) is 3.51. The van der Waals surface area contributed by atoms with E-state index in [-0.39, 0.29) is 0 Å².